The number of nitrogens with zero attached hydrogens (tertiary/aromatic N) is 4. The molecule has 0 radical (unpaired) electrons. The smallest absolute Gasteiger partial charge is 0.166 e. The van der Waals surface area contributed by atoms with Gasteiger partial charge in [-0.05, 0) is 30.0 Å². The predicted octanol–water partition coefficient (Wildman–Crippen LogP) is 3.55. The molecule has 4 aromatic rings. The van der Waals surface area contributed by atoms with Crippen LogP contribution >= 0.6 is 0 Å². The fourth-order valence-corrected chi connectivity index (χ4v) is 3.20. The van der Waals surface area contributed by atoms with E-state index in [1.54, 1.807) is 10.8 Å². The average molecular weight is 286 g/mol. The average Bonchev–Trinajstić information content (AvgIpc) is 3.27. The maximum atomic E-state index is 4.79. The highest BCUT2D eigenvalue weighted by molar-refractivity contribution is 5.90. The second-order valence-electron chi connectivity index (χ2n) is 5.86. The molecule has 5 rings (SSSR count). The van der Waals surface area contributed by atoms with Crippen molar-refractivity contribution in [3.05, 3.63) is 72.3 Å². The van der Waals surface area contributed by atoms with Crippen LogP contribution in [0.25, 0.3) is 16.6 Å². The molecular weight excluding hydrogens is 272 g/mol. The summed E-state index contributed by atoms with van der Waals surface area (Å²) in [5, 5.41) is 5.70. The Kier molecular flexibility index (Phi) is 2.36. The van der Waals surface area contributed by atoms with E-state index in [1.165, 1.54) is 5.56 Å². The minimum atomic E-state index is 0.432. The van der Waals surface area contributed by atoms with E-state index in [0.717, 1.165) is 28.8 Å². The first-order valence-electron chi connectivity index (χ1n) is 7.55. The van der Waals surface area contributed by atoms with Gasteiger partial charge in [-0.2, -0.15) is 0 Å². The lowest BCUT2D eigenvalue weighted by Gasteiger charge is -1.96. The first-order valence-corrected chi connectivity index (χ1v) is 7.55. The minimum Gasteiger partial charge on any atom is -0.236 e. The van der Waals surface area contributed by atoms with Crippen molar-refractivity contribution in [3.8, 4) is 0 Å². The summed E-state index contributed by atoms with van der Waals surface area (Å²) < 4.78 is 1.80. The number of hydrogen-bond donors (Lipinski definition) is 0. The molecule has 2 atom stereocenters. The summed E-state index contributed by atoms with van der Waals surface area (Å²) in [6.07, 6.45) is 2.89. The van der Waals surface area contributed by atoms with E-state index in [4.69, 9.17) is 4.98 Å². The van der Waals surface area contributed by atoms with Crippen molar-refractivity contribution in [2.24, 2.45) is 0 Å². The van der Waals surface area contributed by atoms with Crippen molar-refractivity contribution in [2.45, 2.75) is 18.3 Å². The van der Waals surface area contributed by atoms with Crippen LogP contribution in [0.5, 0.6) is 0 Å². The molecule has 0 N–H and O–H groups in total. The second-order valence-corrected chi connectivity index (χ2v) is 5.86. The topological polar surface area (TPSA) is 43.1 Å². The number of fused-ring (bicyclic) bond motifs is 3. The van der Waals surface area contributed by atoms with Gasteiger partial charge >= 0.3 is 0 Å². The third kappa shape index (κ3) is 1.73. The van der Waals surface area contributed by atoms with Gasteiger partial charge in [-0.1, -0.05) is 42.5 Å². The van der Waals surface area contributed by atoms with Gasteiger partial charge in [0.1, 0.15) is 6.33 Å². The molecule has 0 spiro atoms. The van der Waals surface area contributed by atoms with Gasteiger partial charge in [0.05, 0.1) is 5.52 Å². The lowest BCUT2D eigenvalue weighted by atomic mass is 10.1. The third-order valence-corrected chi connectivity index (χ3v) is 4.45. The van der Waals surface area contributed by atoms with Crippen LogP contribution < -0.4 is 0 Å². The maximum Gasteiger partial charge on any atom is 0.166 e. The van der Waals surface area contributed by atoms with Gasteiger partial charge in [0.15, 0.2) is 11.5 Å². The van der Waals surface area contributed by atoms with Crippen molar-refractivity contribution >= 4 is 16.6 Å². The van der Waals surface area contributed by atoms with Crippen LogP contribution in [0.3, 0.4) is 0 Å². The minimum absolute atomic E-state index is 0.432. The van der Waals surface area contributed by atoms with Crippen LogP contribution in [0.15, 0.2) is 60.9 Å². The summed E-state index contributed by atoms with van der Waals surface area (Å²) in [6.45, 7) is 0. The molecular formula is C18H14N4. The summed E-state index contributed by atoms with van der Waals surface area (Å²) >= 11 is 0. The molecule has 0 saturated heterocycles. The summed E-state index contributed by atoms with van der Waals surface area (Å²) in [6, 6.07) is 18.7. The molecule has 0 aliphatic heterocycles. The molecule has 1 aliphatic carbocycles. The number of rotatable bonds is 2. The SMILES string of the molecule is c1ccc([C@H]2C[C@@H]2c2nc3c4ccccc4ncn3n2)cc1. The van der Waals surface area contributed by atoms with Gasteiger partial charge in [-0.3, -0.25) is 0 Å². The number of benzene rings is 2. The molecule has 1 fully saturated rings. The molecule has 4 heteroatoms. The molecule has 22 heavy (non-hydrogen) atoms. The molecule has 2 aromatic carbocycles. The summed E-state index contributed by atoms with van der Waals surface area (Å²) in [5.41, 5.74) is 3.25. The highest BCUT2D eigenvalue weighted by Gasteiger charge is 2.42. The van der Waals surface area contributed by atoms with Crippen molar-refractivity contribution in [3.63, 3.8) is 0 Å². The predicted molar refractivity (Wildman–Crippen MR) is 84.8 cm³/mol. The highest BCUT2D eigenvalue weighted by atomic mass is 15.3. The Morgan fingerprint density at radius 3 is 2.64 bits per heavy atom. The van der Waals surface area contributed by atoms with Crippen LogP contribution in [-0.4, -0.2) is 19.6 Å². The van der Waals surface area contributed by atoms with E-state index in [2.05, 4.69) is 46.5 Å². The molecule has 4 nitrogen and oxygen atoms in total. The maximum absolute atomic E-state index is 4.79. The summed E-state index contributed by atoms with van der Waals surface area (Å²) in [7, 11) is 0. The molecule has 1 saturated carbocycles. The molecule has 0 amide bonds. The van der Waals surface area contributed by atoms with E-state index in [-0.39, 0.29) is 0 Å². The van der Waals surface area contributed by atoms with Crippen LogP contribution in [-0.2, 0) is 0 Å². The van der Waals surface area contributed by atoms with Crippen molar-refractivity contribution in [1.82, 2.24) is 19.6 Å². The quantitative estimate of drug-likeness (QED) is 0.566. The van der Waals surface area contributed by atoms with Crippen LogP contribution in [0, 0.1) is 0 Å². The zero-order valence-electron chi connectivity index (χ0n) is 11.9. The standard InChI is InChI=1S/C18H14N4/c1-2-6-12(7-3-1)14-10-15(14)17-20-18-13-8-4-5-9-16(13)19-11-22(18)21-17/h1-9,11,14-15H,10H2/t14-,15+/m1/s1. The largest absolute Gasteiger partial charge is 0.236 e. The van der Waals surface area contributed by atoms with E-state index in [0.29, 0.717) is 11.8 Å². The Bertz CT molecular complexity index is 974. The van der Waals surface area contributed by atoms with Gasteiger partial charge in [0.25, 0.3) is 0 Å². The van der Waals surface area contributed by atoms with E-state index < -0.39 is 0 Å². The Balaban J connectivity index is 1.58. The Labute approximate surface area is 127 Å². The van der Waals surface area contributed by atoms with E-state index in [1.807, 2.05) is 18.2 Å². The molecule has 0 bridgehead atoms. The van der Waals surface area contributed by atoms with Crippen LogP contribution in [0.2, 0.25) is 0 Å². The molecule has 0 unspecified atom stereocenters. The molecule has 106 valence electrons. The molecule has 2 heterocycles. The van der Waals surface area contributed by atoms with Crippen molar-refractivity contribution < 1.29 is 0 Å². The lowest BCUT2D eigenvalue weighted by molar-refractivity contribution is 0.850. The fraction of sp³-hybridized carbons (Fsp3) is 0.167. The number of aromatic nitrogens is 4. The lowest BCUT2D eigenvalue weighted by Crippen LogP contribution is -1.91. The van der Waals surface area contributed by atoms with Crippen LogP contribution in [0.4, 0.5) is 0 Å². The summed E-state index contributed by atoms with van der Waals surface area (Å²) in [5.74, 6) is 1.92. The highest BCUT2D eigenvalue weighted by Crippen LogP contribution is 2.53. The first-order chi connectivity index (χ1) is 10.9. The Morgan fingerprint density at radius 2 is 1.73 bits per heavy atom. The third-order valence-electron chi connectivity index (χ3n) is 4.45. The summed E-state index contributed by atoms with van der Waals surface area (Å²) in [4.78, 5) is 9.23. The van der Waals surface area contributed by atoms with Gasteiger partial charge in [0, 0.05) is 11.3 Å². The normalized spacial score (nSPS) is 20.5. The molecule has 1 aliphatic rings. The number of para-hydroxylation sites is 1. The monoisotopic (exact) mass is 286 g/mol. The van der Waals surface area contributed by atoms with Gasteiger partial charge < -0.3 is 0 Å². The molecule has 2 aromatic heterocycles. The van der Waals surface area contributed by atoms with E-state index in [9.17, 15) is 0 Å². The van der Waals surface area contributed by atoms with Gasteiger partial charge in [0.2, 0.25) is 0 Å². The zero-order valence-corrected chi connectivity index (χ0v) is 11.9. The Hall–Kier alpha value is -2.75. The second kappa shape index (κ2) is 4.37. The fourth-order valence-electron chi connectivity index (χ4n) is 3.20. The van der Waals surface area contributed by atoms with Crippen LogP contribution in [0.1, 0.15) is 29.6 Å². The first kappa shape index (κ1) is 11.9. The van der Waals surface area contributed by atoms with Crippen molar-refractivity contribution in [1.29, 1.82) is 0 Å². The van der Waals surface area contributed by atoms with Gasteiger partial charge in [-0.25, -0.2) is 14.5 Å². The van der Waals surface area contributed by atoms with E-state index >= 15 is 0 Å². The zero-order chi connectivity index (χ0) is 14.5. The Morgan fingerprint density at radius 1 is 0.909 bits per heavy atom. The van der Waals surface area contributed by atoms with Crippen molar-refractivity contribution in [2.75, 3.05) is 0 Å². The number of hydrogen-bond acceptors (Lipinski definition) is 3. The van der Waals surface area contributed by atoms with Gasteiger partial charge in [-0.15, -0.1) is 5.10 Å².